The summed E-state index contributed by atoms with van der Waals surface area (Å²) < 4.78 is 13.0. The topological polar surface area (TPSA) is 138 Å². The number of fused-ring (bicyclic) bond motifs is 1. The van der Waals surface area contributed by atoms with Gasteiger partial charge in [-0.15, -0.1) is 0 Å². The average Bonchev–Trinajstić information content (AvgIpc) is 3.23. The summed E-state index contributed by atoms with van der Waals surface area (Å²) in [4.78, 5) is 13.6. The highest BCUT2D eigenvalue weighted by molar-refractivity contribution is 5.78. The highest BCUT2D eigenvalue weighted by Crippen LogP contribution is 2.33. The van der Waals surface area contributed by atoms with Gasteiger partial charge in [0.25, 0.3) is 0 Å². The van der Waals surface area contributed by atoms with Crippen LogP contribution in [0, 0.1) is 11.3 Å². The van der Waals surface area contributed by atoms with Gasteiger partial charge in [0.1, 0.15) is 30.3 Å². The van der Waals surface area contributed by atoms with E-state index in [2.05, 4.69) is 21.4 Å². The molecule has 3 aromatic rings. The Kier molecular flexibility index (Phi) is 7.03. The van der Waals surface area contributed by atoms with Gasteiger partial charge in [-0.2, -0.15) is 5.26 Å². The molecule has 1 saturated carbocycles. The molecule has 10 heteroatoms. The first-order valence-electron chi connectivity index (χ1n) is 11.0. The number of pyridine rings is 2. The summed E-state index contributed by atoms with van der Waals surface area (Å²) in [5.74, 6) is 1.76. The maximum Gasteiger partial charge on any atom is 0.171 e. The van der Waals surface area contributed by atoms with Gasteiger partial charge in [0.05, 0.1) is 31.0 Å². The second-order valence-electron chi connectivity index (χ2n) is 8.41. The van der Waals surface area contributed by atoms with Crippen LogP contribution in [0.2, 0.25) is 0 Å². The Hall–Kier alpha value is -3.26. The smallest absolute Gasteiger partial charge is 0.171 e. The third-order valence-corrected chi connectivity index (χ3v) is 5.74. The molecule has 0 aliphatic heterocycles. The number of aliphatic hydroxyl groups excluding tert-OH is 1. The molecular weight excluding hydrogens is 424 g/mol. The van der Waals surface area contributed by atoms with Crippen LogP contribution >= 0.6 is 0 Å². The van der Waals surface area contributed by atoms with Gasteiger partial charge in [-0.25, -0.2) is 15.0 Å². The van der Waals surface area contributed by atoms with Crippen LogP contribution in [0.4, 0.5) is 5.82 Å². The molecule has 0 radical (unpaired) electrons. The molecule has 3 N–H and O–H groups in total. The Labute approximate surface area is 191 Å². The van der Waals surface area contributed by atoms with Crippen LogP contribution in [0.5, 0.6) is 5.75 Å². The van der Waals surface area contributed by atoms with E-state index in [0.29, 0.717) is 60.2 Å². The van der Waals surface area contributed by atoms with E-state index in [1.54, 1.807) is 23.0 Å². The zero-order valence-electron chi connectivity index (χ0n) is 18.6. The van der Waals surface area contributed by atoms with Crippen molar-refractivity contribution in [1.29, 1.82) is 5.26 Å². The van der Waals surface area contributed by atoms with Crippen molar-refractivity contribution in [2.45, 2.75) is 44.2 Å². The highest BCUT2D eigenvalue weighted by atomic mass is 16.5. The Morgan fingerprint density at radius 2 is 2.06 bits per heavy atom. The normalized spacial score (nSPS) is 20.5. The van der Waals surface area contributed by atoms with E-state index in [1.165, 1.54) is 6.20 Å². The lowest BCUT2D eigenvalue weighted by Gasteiger charge is -2.33. The number of hydrogen-bond acceptors (Lipinski definition) is 9. The van der Waals surface area contributed by atoms with Gasteiger partial charge < -0.3 is 25.0 Å². The number of nitriles is 1. The predicted molar refractivity (Wildman–Crippen MR) is 121 cm³/mol. The first kappa shape index (κ1) is 22.9. The van der Waals surface area contributed by atoms with Crippen molar-refractivity contribution in [2.75, 3.05) is 31.7 Å². The molecule has 1 aliphatic rings. The number of hydrogen-bond donors (Lipinski definition) is 3. The number of nitrogens with zero attached hydrogens (tertiary/aromatic N) is 5. The highest BCUT2D eigenvalue weighted by Gasteiger charge is 2.29. The second kappa shape index (κ2) is 10.1. The van der Waals surface area contributed by atoms with Crippen molar-refractivity contribution in [3.8, 4) is 17.6 Å². The number of aliphatic hydroxyl groups is 2. The van der Waals surface area contributed by atoms with Crippen LogP contribution in [0.25, 0.3) is 17.0 Å². The number of nitrogens with one attached hydrogen (secondary N) is 1. The third-order valence-electron chi connectivity index (χ3n) is 5.74. The van der Waals surface area contributed by atoms with Gasteiger partial charge in [0.15, 0.2) is 17.2 Å². The SMILES string of the molecule is C[C@]1(O)CC[C@@H](Nc2nc3c(cc2OCCOCCO)ncn3-c2ccc(C#N)cn2)CC1. The van der Waals surface area contributed by atoms with Crippen LogP contribution in [-0.2, 0) is 4.74 Å². The summed E-state index contributed by atoms with van der Waals surface area (Å²) in [6.07, 6.45) is 6.22. The van der Waals surface area contributed by atoms with Gasteiger partial charge in [-0.1, -0.05) is 0 Å². The largest absolute Gasteiger partial charge is 0.487 e. The summed E-state index contributed by atoms with van der Waals surface area (Å²) in [6.45, 7) is 2.74. The Morgan fingerprint density at radius 1 is 1.24 bits per heavy atom. The van der Waals surface area contributed by atoms with Gasteiger partial charge in [-0.3, -0.25) is 4.57 Å². The molecule has 1 fully saturated rings. The first-order chi connectivity index (χ1) is 16.0. The Bertz CT molecular complexity index is 1110. The summed E-state index contributed by atoms with van der Waals surface area (Å²) in [5, 5.41) is 31.6. The Morgan fingerprint density at radius 3 is 2.76 bits per heavy atom. The van der Waals surface area contributed by atoms with Gasteiger partial charge in [-0.05, 0) is 44.7 Å². The fraction of sp³-hybridized carbons (Fsp3) is 0.478. The molecule has 10 nitrogen and oxygen atoms in total. The summed E-state index contributed by atoms with van der Waals surface area (Å²) in [6, 6.07) is 7.50. The van der Waals surface area contributed by atoms with E-state index in [-0.39, 0.29) is 19.3 Å². The molecule has 0 amide bonds. The molecule has 3 heterocycles. The number of rotatable bonds is 9. The fourth-order valence-corrected chi connectivity index (χ4v) is 3.85. The van der Waals surface area contributed by atoms with Gasteiger partial charge >= 0.3 is 0 Å². The van der Waals surface area contributed by atoms with Crippen LogP contribution in [0.15, 0.2) is 30.7 Å². The van der Waals surface area contributed by atoms with E-state index in [9.17, 15) is 5.11 Å². The van der Waals surface area contributed by atoms with Crippen molar-refractivity contribution in [3.05, 3.63) is 36.3 Å². The van der Waals surface area contributed by atoms with E-state index in [1.807, 2.05) is 13.0 Å². The van der Waals surface area contributed by atoms with Crippen LogP contribution in [0.1, 0.15) is 38.2 Å². The van der Waals surface area contributed by atoms with E-state index in [0.717, 1.165) is 12.8 Å². The van der Waals surface area contributed by atoms with Crippen molar-refractivity contribution >= 4 is 17.0 Å². The lowest BCUT2D eigenvalue weighted by atomic mass is 9.84. The maximum atomic E-state index is 10.3. The standard InChI is InChI=1S/C23H28N6O4/c1-23(31)6-4-17(5-7-23)27-21-19(33-11-10-32-9-8-30)12-18-22(28-21)29(15-26-18)20-3-2-16(13-24)14-25-20/h2-3,12,14-15,17,30-31H,4-11H2,1H3,(H,27,28)/t17-,23+. The lowest BCUT2D eigenvalue weighted by molar-refractivity contribution is 0.0196. The molecule has 4 rings (SSSR count). The second-order valence-corrected chi connectivity index (χ2v) is 8.41. The zero-order valence-corrected chi connectivity index (χ0v) is 18.6. The zero-order chi connectivity index (χ0) is 23.3. The molecule has 0 bridgehead atoms. The maximum absolute atomic E-state index is 10.3. The summed E-state index contributed by atoms with van der Waals surface area (Å²) >= 11 is 0. The van der Waals surface area contributed by atoms with Crippen LogP contribution in [-0.4, -0.2) is 67.8 Å². The molecular formula is C23H28N6O4. The molecule has 0 spiro atoms. The van der Waals surface area contributed by atoms with Gasteiger partial charge in [0, 0.05) is 18.3 Å². The van der Waals surface area contributed by atoms with Crippen LogP contribution in [0.3, 0.4) is 0 Å². The lowest BCUT2D eigenvalue weighted by Crippen LogP contribution is -2.36. The molecule has 0 atom stereocenters. The number of imidazole rings is 1. The Balaban J connectivity index is 1.61. The fourth-order valence-electron chi connectivity index (χ4n) is 3.85. The van der Waals surface area contributed by atoms with E-state index in [4.69, 9.17) is 24.8 Å². The molecule has 33 heavy (non-hydrogen) atoms. The van der Waals surface area contributed by atoms with Gasteiger partial charge in [0.2, 0.25) is 0 Å². The van der Waals surface area contributed by atoms with Crippen molar-refractivity contribution in [3.63, 3.8) is 0 Å². The average molecular weight is 453 g/mol. The van der Waals surface area contributed by atoms with Crippen molar-refractivity contribution < 1.29 is 19.7 Å². The monoisotopic (exact) mass is 452 g/mol. The molecule has 0 unspecified atom stereocenters. The minimum Gasteiger partial charge on any atom is -0.487 e. The van der Waals surface area contributed by atoms with Crippen molar-refractivity contribution in [1.82, 2.24) is 19.5 Å². The van der Waals surface area contributed by atoms with E-state index < -0.39 is 5.60 Å². The molecule has 0 saturated heterocycles. The minimum atomic E-state index is -0.626. The molecule has 3 aromatic heterocycles. The minimum absolute atomic E-state index is 0.0351. The third kappa shape index (κ3) is 5.57. The number of anilines is 1. The quantitative estimate of drug-likeness (QED) is 0.417. The van der Waals surface area contributed by atoms with E-state index >= 15 is 0 Å². The first-order valence-corrected chi connectivity index (χ1v) is 11.0. The number of aromatic nitrogens is 4. The summed E-state index contributed by atoms with van der Waals surface area (Å²) in [5.41, 5.74) is 1.11. The molecule has 1 aliphatic carbocycles. The van der Waals surface area contributed by atoms with Crippen molar-refractivity contribution in [2.24, 2.45) is 0 Å². The molecule has 174 valence electrons. The number of ether oxygens (including phenoxy) is 2. The predicted octanol–water partition coefficient (Wildman–Crippen LogP) is 2.18. The molecule has 0 aromatic carbocycles. The van der Waals surface area contributed by atoms with Crippen LogP contribution < -0.4 is 10.1 Å². The summed E-state index contributed by atoms with van der Waals surface area (Å²) in [7, 11) is 0.